The van der Waals surface area contributed by atoms with Crippen LogP contribution in [0.3, 0.4) is 0 Å². The van der Waals surface area contributed by atoms with Crippen molar-refractivity contribution in [3.8, 4) is 0 Å². The van der Waals surface area contributed by atoms with Crippen LogP contribution in [-0.4, -0.2) is 33.4 Å². The molecule has 0 atom stereocenters. The second-order valence-electron chi connectivity index (χ2n) is 7.85. The quantitative estimate of drug-likeness (QED) is 0.675. The van der Waals surface area contributed by atoms with Gasteiger partial charge in [0.05, 0.1) is 0 Å². The van der Waals surface area contributed by atoms with E-state index < -0.39 is 0 Å². The van der Waals surface area contributed by atoms with Gasteiger partial charge in [-0.2, -0.15) is 0 Å². The standard InChI is InChI=1S/C23H27N3O/c1-17(2)22-24-12-15-26(22)16-18-10-13-25(14-11-18)23(27)21-9-5-7-19-6-3-4-8-20(19)21/h3-9,12,15,17-18H,10-11,13-14,16H2,1-2H3. The molecule has 2 aromatic carbocycles. The lowest BCUT2D eigenvalue weighted by Gasteiger charge is -2.32. The van der Waals surface area contributed by atoms with E-state index in [0.717, 1.165) is 54.6 Å². The van der Waals surface area contributed by atoms with Crippen LogP contribution in [0.25, 0.3) is 10.8 Å². The summed E-state index contributed by atoms with van der Waals surface area (Å²) in [6.07, 6.45) is 6.08. The van der Waals surface area contributed by atoms with Gasteiger partial charge < -0.3 is 9.47 Å². The van der Waals surface area contributed by atoms with Crippen LogP contribution in [0.2, 0.25) is 0 Å². The zero-order valence-corrected chi connectivity index (χ0v) is 16.1. The Kier molecular flexibility index (Phi) is 4.97. The average Bonchev–Trinajstić information content (AvgIpc) is 3.16. The molecule has 3 aromatic rings. The molecule has 0 unspecified atom stereocenters. The third-order valence-corrected chi connectivity index (χ3v) is 5.64. The Morgan fingerprint density at radius 3 is 2.63 bits per heavy atom. The SMILES string of the molecule is CC(C)c1nccn1CC1CCN(C(=O)c2cccc3ccccc23)CC1. The highest BCUT2D eigenvalue weighted by Gasteiger charge is 2.25. The summed E-state index contributed by atoms with van der Waals surface area (Å²) in [5.74, 6) is 2.36. The van der Waals surface area contributed by atoms with Crippen molar-refractivity contribution in [2.75, 3.05) is 13.1 Å². The van der Waals surface area contributed by atoms with E-state index >= 15 is 0 Å². The number of rotatable bonds is 4. The minimum atomic E-state index is 0.163. The van der Waals surface area contributed by atoms with Crippen molar-refractivity contribution < 1.29 is 4.79 Å². The maximum Gasteiger partial charge on any atom is 0.254 e. The van der Waals surface area contributed by atoms with E-state index in [1.807, 2.05) is 41.4 Å². The molecule has 0 radical (unpaired) electrons. The summed E-state index contributed by atoms with van der Waals surface area (Å²) < 4.78 is 2.29. The van der Waals surface area contributed by atoms with E-state index in [1.165, 1.54) is 0 Å². The summed E-state index contributed by atoms with van der Waals surface area (Å²) in [6.45, 7) is 7.04. The highest BCUT2D eigenvalue weighted by atomic mass is 16.2. The van der Waals surface area contributed by atoms with Gasteiger partial charge in [-0.15, -0.1) is 0 Å². The highest BCUT2D eigenvalue weighted by molar-refractivity contribution is 6.07. The first kappa shape index (κ1) is 17.8. The lowest BCUT2D eigenvalue weighted by molar-refractivity contribution is 0.0684. The van der Waals surface area contributed by atoms with Crippen LogP contribution in [0.1, 0.15) is 48.8 Å². The van der Waals surface area contributed by atoms with Crippen LogP contribution in [0.5, 0.6) is 0 Å². The van der Waals surface area contributed by atoms with Gasteiger partial charge in [0.25, 0.3) is 5.91 Å². The average molecular weight is 361 g/mol. The molecule has 0 N–H and O–H groups in total. The van der Waals surface area contributed by atoms with Crippen LogP contribution in [0.15, 0.2) is 54.9 Å². The largest absolute Gasteiger partial charge is 0.339 e. The third-order valence-electron chi connectivity index (χ3n) is 5.64. The number of carbonyl (C=O) groups excluding carboxylic acids is 1. The first-order chi connectivity index (χ1) is 13.1. The molecule has 0 bridgehead atoms. The lowest BCUT2D eigenvalue weighted by Crippen LogP contribution is -2.39. The number of hydrogen-bond acceptors (Lipinski definition) is 2. The fraction of sp³-hybridized carbons (Fsp3) is 0.391. The molecule has 1 amide bonds. The normalized spacial score (nSPS) is 15.6. The van der Waals surface area contributed by atoms with Gasteiger partial charge >= 0.3 is 0 Å². The van der Waals surface area contributed by atoms with E-state index in [4.69, 9.17) is 0 Å². The Balaban J connectivity index is 1.43. The Morgan fingerprint density at radius 1 is 1.11 bits per heavy atom. The molecule has 4 heteroatoms. The van der Waals surface area contributed by atoms with Crippen molar-refractivity contribution in [1.29, 1.82) is 0 Å². The molecule has 1 aromatic heterocycles. The Bertz CT molecular complexity index is 930. The van der Waals surface area contributed by atoms with Gasteiger partial charge in [-0.3, -0.25) is 4.79 Å². The molecule has 1 fully saturated rings. The third kappa shape index (κ3) is 3.61. The fourth-order valence-corrected chi connectivity index (χ4v) is 4.15. The van der Waals surface area contributed by atoms with Crippen LogP contribution in [0.4, 0.5) is 0 Å². The van der Waals surface area contributed by atoms with Gasteiger partial charge in [-0.1, -0.05) is 50.2 Å². The van der Waals surface area contributed by atoms with Gasteiger partial charge in [0.2, 0.25) is 0 Å². The molecule has 4 rings (SSSR count). The number of aromatic nitrogens is 2. The van der Waals surface area contributed by atoms with Crippen molar-refractivity contribution in [3.63, 3.8) is 0 Å². The number of piperidine rings is 1. The zero-order chi connectivity index (χ0) is 18.8. The van der Waals surface area contributed by atoms with Crippen molar-refractivity contribution in [2.24, 2.45) is 5.92 Å². The summed E-state index contributed by atoms with van der Waals surface area (Å²) in [5, 5.41) is 2.17. The van der Waals surface area contributed by atoms with Crippen LogP contribution >= 0.6 is 0 Å². The summed E-state index contributed by atoms with van der Waals surface area (Å²) in [5.41, 5.74) is 0.822. The smallest absolute Gasteiger partial charge is 0.254 e. The molecular weight excluding hydrogens is 334 g/mol. The molecule has 140 valence electrons. The second-order valence-corrected chi connectivity index (χ2v) is 7.85. The lowest BCUT2D eigenvalue weighted by atomic mass is 9.95. The number of amides is 1. The highest BCUT2D eigenvalue weighted by Crippen LogP contribution is 2.25. The Labute approximate surface area is 160 Å². The maximum absolute atomic E-state index is 13.1. The number of imidazole rings is 1. The van der Waals surface area contributed by atoms with Crippen LogP contribution < -0.4 is 0 Å². The number of fused-ring (bicyclic) bond motifs is 1. The number of hydrogen-bond donors (Lipinski definition) is 0. The van der Waals surface area contributed by atoms with E-state index in [9.17, 15) is 4.79 Å². The zero-order valence-electron chi connectivity index (χ0n) is 16.1. The molecule has 2 heterocycles. The van der Waals surface area contributed by atoms with Gasteiger partial charge in [0.1, 0.15) is 5.82 Å². The molecule has 1 saturated heterocycles. The van der Waals surface area contributed by atoms with Crippen molar-refractivity contribution in [2.45, 2.75) is 39.2 Å². The maximum atomic E-state index is 13.1. The van der Waals surface area contributed by atoms with E-state index in [0.29, 0.717) is 11.8 Å². The van der Waals surface area contributed by atoms with Gasteiger partial charge in [0, 0.05) is 43.5 Å². The minimum Gasteiger partial charge on any atom is -0.339 e. The molecule has 0 spiro atoms. The molecule has 4 nitrogen and oxygen atoms in total. The van der Waals surface area contributed by atoms with Gasteiger partial charge in [-0.25, -0.2) is 4.98 Å². The van der Waals surface area contributed by atoms with E-state index in [2.05, 4.69) is 41.7 Å². The first-order valence-electron chi connectivity index (χ1n) is 9.91. The van der Waals surface area contributed by atoms with Crippen LogP contribution in [0, 0.1) is 5.92 Å². The number of nitrogens with zero attached hydrogens (tertiary/aromatic N) is 3. The monoisotopic (exact) mass is 361 g/mol. The predicted octanol–water partition coefficient (Wildman–Crippen LogP) is 4.71. The number of likely N-dealkylation sites (tertiary alicyclic amines) is 1. The minimum absolute atomic E-state index is 0.163. The molecule has 1 aliphatic heterocycles. The molecule has 0 aliphatic carbocycles. The van der Waals surface area contributed by atoms with Crippen molar-refractivity contribution in [1.82, 2.24) is 14.5 Å². The summed E-state index contributed by atoms with van der Waals surface area (Å²) in [6, 6.07) is 14.1. The summed E-state index contributed by atoms with van der Waals surface area (Å²) in [7, 11) is 0. The predicted molar refractivity (Wildman–Crippen MR) is 109 cm³/mol. The van der Waals surface area contributed by atoms with E-state index in [-0.39, 0.29) is 5.91 Å². The molecule has 1 aliphatic rings. The number of benzene rings is 2. The molecular formula is C23H27N3O. The molecule has 0 saturated carbocycles. The van der Waals surface area contributed by atoms with Crippen molar-refractivity contribution in [3.05, 3.63) is 66.2 Å². The number of carbonyl (C=O) groups is 1. The Hall–Kier alpha value is -2.62. The fourth-order valence-electron chi connectivity index (χ4n) is 4.15. The summed E-state index contributed by atoms with van der Waals surface area (Å²) >= 11 is 0. The second kappa shape index (κ2) is 7.55. The first-order valence-corrected chi connectivity index (χ1v) is 9.91. The Morgan fingerprint density at radius 2 is 1.85 bits per heavy atom. The summed E-state index contributed by atoms with van der Waals surface area (Å²) in [4.78, 5) is 19.6. The van der Waals surface area contributed by atoms with E-state index in [1.54, 1.807) is 0 Å². The molecule has 27 heavy (non-hydrogen) atoms. The van der Waals surface area contributed by atoms with Crippen molar-refractivity contribution >= 4 is 16.7 Å². The topological polar surface area (TPSA) is 38.1 Å². The van der Waals surface area contributed by atoms with Gasteiger partial charge in [-0.05, 0) is 35.6 Å². The van der Waals surface area contributed by atoms with Gasteiger partial charge in [0.15, 0.2) is 0 Å². The van der Waals surface area contributed by atoms with Crippen LogP contribution in [-0.2, 0) is 6.54 Å².